The molecule has 0 bridgehead atoms. The second kappa shape index (κ2) is 11.8. The molecule has 2 aromatic rings. The number of pyridine rings is 1. The average molecular weight is 616 g/mol. The van der Waals surface area contributed by atoms with Crippen LogP contribution in [-0.2, 0) is 18.7 Å². The molecule has 1 aliphatic rings. The van der Waals surface area contributed by atoms with E-state index in [9.17, 15) is 4.79 Å². The first-order valence-corrected chi connectivity index (χ1v) is 16.9. The van der Waals surface area contributed by atoms with E-state index in [-0.39, 0.29) is 23.7 Å². The van der Waals surface area contributed by atoms with Crippen molar-refractivity contribution in [1.82, 2.24) is 19.7 Å². The van der Waals surface area contributed by atoms with E-state index in [1.807, 2.05) is 20.8 Å². The number of rotatable bonds is 8. The molecule has 0 aliphatic carbocycles. The minimum atomic E-state index is -2.27. The van der Waals surface area contributed by atoms with Crippen molar-refractivity contribution in [1.29, 1.82) is 0 Å². The molecule has 8 nitrogen and oxygen atoms in total. The summed E-state index contributed by atoms with van der Waals surface area (Å²) in [5.74, 6) is 0.165. The molecule has 3 atom stereocenters. The van der Waals surface area contributed by atoms with Crippen LogP contribution in [0.25, 0.3) is 0 Å². The Morgan fingerprint density at radius 1 is 1.24 bits per heavy atom. The summed E-state index contributed by atoms with van der Waals surface area (Å²) in [6.07, 6.45) is 3.25. The first-order chi connectivity index (χ1) is 17.1. The lowest BCUT2D eigenvalue weighted by Crippen LogP contribution is -2.42. The predicted molar refractivity (Wildman–Crippen MR) is 150 cm³/mol. The van der Waals surface area contributed by atoms with Crippen LogP contribution in [0.15, 0.2) is 23.1 Å². The third-order valence-electron chi connectivity index (χ3n) is 6.97. The SMILES string of the molecule is CC(C)(C)C(=O)OC(CC(O[Si](C)(C)C(C)(C)C)c1ncccc1Cl)c1nc(Br)nn1C1CCCCO1. The van der Waals surface area contributed by atoms with Gasteiger partial charge in [0.25, 0.3) is 0 Å². The van der Waals surface area contributed by atoms with E-state index >= 15 is 0 Å². The van der Waals surface area contributed by atoms with Gasteiger partial charge in [0.05, 0.1) is 22.2 Å². The molecule has 37 heavy (non-hydrogen) atoms. The van der Waals surface area contributed by atoms with Gasteiger partial charge in [0.15, 0.2) is 26.5 Å². The highest BCUT2D eigenvalue weighted by Gasteiger charge is 2.42. The third kappa shape index (κ3) is 7.62. The normalized spacial score (nSPS) is 18.9. The van der Waals surface area contributed by atoms with E-state index in [1.165, 1.54) is 0 Å². The first kappa shape index (κ1) is 30.2. The summed E-state index contributed by atoms with van der Waals surface area (Å²) in [6.45, 7) is 17.0. The van der Waals surface area contributed by atoms with Crippen molar-refractivity contribution in [3.05, 3.63) is 39.6 Å². The number of hydrogen-bond donors (Lipinski definition) is 0. The van der Waals surface area contributed by atoms with Gasteiger partial charge in [-0.3, -0.25) is 9.78 Å². The fourth-order valence-corrected chi connectivity index (χ4v) is 5.61. The minimum Gasteiger partial charge on any atom is -0.454 e. The lowest BCUT2D eigenvalue weighted by molar-refractivity contribution is -0.161. The predicted octanol–water partition coefficient (Wildman–Crippen LogP) is 7.57. The van der Waals surface area contributed by atoms with Crippen molar-refractivity contribution >= 4 is 41.8 Å². The Morgan fingerprint density at radius 2 is 1.95 bits per heavy atom. The Kier molecular flexibility index (Phi) is 9.65. The van der Waals surface area contributed by atoms with Crippen molar-refractivity contribution < 1.29 is 18.7 Å². The number of esters is 1. The number of ether oxygens (including phenoxy) is 2. The number of halogens is 2. The Labute approximate surface area is 235 Å². The van der Waals surface area contributed by atoms with Crippen molar-refractivity contribution in [2.45, 2.75) is 104 Å². The average Bonchev–Trinajstić information content (AvgIpc) is 3.19. The van der Waals surface area contributed by atoms with E-state index in [0.29, 0.717) is 27.9 Å². The third-order valence-corrected chi connectivity index (χ3v) is 12.1. The molecule has 0 radical (unpaired) electrons. The first-order valence-electron chi connectivity index (χ1n) is 12.8. The number of carbonyl (C=O) groups is 1. The zero-order chi connectivity index (χ0) is 27.6. The quantitative estimate of drug-likeness (QED) is 0.223. The van der Waals surface area contributed by atoms with Crippen molar-refractivity contribution in [2.24, 2.45) is 5.41 Å². The molecule has 3 unspecified atom stereocenters. The molecule has 1 aliphatic heterocycles. The highest BCUT2D eigenvalue weighted by Crippen LogP contribution is 2.44. The number of nitrogens with zero attached hydrogens (tertiary/aromatic N) is 4. The highest BCUT2D eigenvalue weighted by atomic mass is 79.9. The Morgan fingerprint density at radius 3 is 2.51 bits per heavy atom. The number of hydrogen-bond acceptors (Lipinski definition) is 7. The molecule has 0 amide bonds. The Bertz CT molecular complexity index is 1080. The maximum absolute atomic E-state index is 13.2. The van der Waals surface area contributed by atoms with Gasteiger partial charge in [-0.05, 0) is 86.2 Å². The van der Waals surface area contributed by atoms with Crippen LogP contribution in [-0.4, -0.2) is 40.6 Å². The summed E-state index contributed by atoms with van der Waals surface area (Å²) in [6, 6.07) is 3.59. The highest BCUT2D eigenvalue weighted by molar-refractivity contribution is 9.10. The monoisotopic (exact) mass is 614 g/mol. The molecule has 11 heteroatoms. The smallest absolute Gasteiger partial charge is 0.311 e. The molecular formula is C26H40BrClN4O4Si. The zero-order valence-electron chi connectivity index (χ0n) is 23.2. The Hall–Kier alpha value is -1.33. The largest absolute Gasteiger partial charge is 0.454 e. The molecule has 1 fully saturated rings. The van der Waals surface area contributed by atoms with Crippen molar-refractivity contribution in [3.63, 3.8) is 0 Å². The van der Waals surface area contributed by atoms with Gasteiger partial charge < -0.3 is 13.9 Å². The van der Waals surface area contributed by atoms with Gasteiger partial charge in [-0.25, -0.2) is 9.67 Å². The summed E-state index contributed by atoms with van der Waals surface area (Å²) in [5.41, 5.74) is -0.0926. The molecule has 0 aromatic carbocycles. The molecule has 206 valence electrons. The van der Waals surface area contributed by atoms with Crippen LogP contribution in [0.1, 0.15) is 97.2 Å². The summed E-state index contributed by atoms with van der Waals surface area (Å²) < 4.78 is 21.2. The van der Waals surface area contributed by atoms with Crippen LogP contribution in [0.4, 0.5) is 0 Å². The number of carbonyl (C=O) groups excluding carboxylic acids is 1. The van der Waals surface area contributed by atoms with Crippen molar-refractivity contribution in [2.75, 3.05) is 6.61 Å². The fourth-order valence-electron chi connectivity index (χ4n) is 3.75. The zero-order valence-corrected chi connectivity index (χ0v) is 26.5. The lowest BCUT2D eigenvalue weighted by Gasteiger charge is -2.40. The summed E-state index contributed by atoms with van der Waals surface area (Å²) in [4.78, 5) is 22.4. The van der Waals surface area contributed by atoms with E-state index in [2.05, 4.69) is 64.9 Å². The topological polar surface area (TPSA) is 88.4 Å². The van der Waals surface area contributed by atoms with Crippen LogP contribution in [0.5, 0.6) is 0 Å². The second-order valence-electron chi connectivity index (χ2n) is 12.1. The second-order valence-corrected chi connectivity index (χ2v) is 18.0. The van der Waals surface area contributed by atoms with E-state index in [4.69, 9.17) is 25.5 Å². The molecule has 1 saturated heterocycles. The van der Waals surface area contributed by atoms with Crippen LogP contribution in [0.3, 0.4) is 0 Å². The van der Waals surface area contributed by atoms with Gasteiger partial charge >= 0.3 is 5.97 Å². The molecular weight excluding hydrogens is 576 g/mol. The van der Waals surface area contributed by atoms with E-state index in [1.54, 1.807) is 23.0 Å². The lowest BCUT2D eigenvalue weighted by atomic mass is 9.97. The van der Waals surface area contributed by atoms with Crippen molar-refractivity contribution in [3.8, 4) is 0 Å². The molecule has 0 spiro atoms. The summed E-state index contributed by atoms with van der Waals surface area (Å²) in [7, 11) is -2.27. The van der Waals surface area contributed by atoms with Gasteiger partial charge in [0.2, 0.25) is 4.73 Å². The van der Waals surface area contributed by atoms with Gasteiger partial charge in [-0.2, -0.15) is 0 Å². The van der Waals surface area contributed by atoms with Crippen LogP contribution < -0.4 is 0 Å². The Balaban J connectivity index is 2.08. The molecule has 0 N–H and O–H groups in total. The maximum Gasteiger partial charge on any atom is 0.311 e. The van der Waals surface area contributed by atoms with E-state index in [0.717, 1.165) is 19.3 Å². The van der Waals surface area contributed by atoms with Gasteiger partial charge in [-0.15, -0.1) is 5.10 Å². The standard InChI is InChI=1S/C26H40BrClN4O4Si/c1-25(2,3)23(33)35-19(22-30-24(27)31-32(22)20-13-9-10-15-34-20)16-18(21-17(28)12-11-14-29-21)36-37(7,8)26(4,5)6/h11-12,14,18-20H,9-10,13,15-16H2,1-8H3. The van der Waals surface area contributed by atoms with Gasteiger partial charge in [0, 0.05) is 19.2 Å². The molecule has 3 heterocycles. The summed E-state index contributed by atoms with van der Waals surface area (Å²) in [5, 5.41) is 5.02. The van der Waals surface area contributed by atoms with Gasteiger partial charge in [-0.1, -0.05) is 32.4 Å². The van der Waals surface area contributed by atoms with Crippen LogP contribution in [0.2, 0.25) is 23.2 Å². The minimum absolute atomic E-state index is 0.0525. The molecule has 0 saturated carbocycles. The van der Waals surface area contributed by atoms with Gasteiger partial charge in [0.1, 0.15) is 0 Å². The maximum atomic E-state index is 13.2. The van der Waals surface area contributed by atoms with E-state index < -0.39 is 25.9 Å². The number of aromatic nitrogens is 4. The van der Waals surface area contributed by atoms with Crippen LogP contribution >= 0.6 is 27.5 Å². The fraction of sp³-hybridized carbons (Fsp3) is 0.692. The summed E-state index contributed by atoms with van der Waals surface area (Å²) >= 11 is 10.1. The van der Waals surface area contributed by atoms with Crippen LogP contribution in [0, 0.1) is 5.41 Å². The molecule has 2 aromatic heterocycles. The molecule has 3 rings (SSSR count).